The third-order valence-electron chi connectivity index (χ3n) is 6.01. The third-order valence-corrected chi connectivity index (χ3v) is 8.49. The molecule has 0 amide bonds. The van der Waals surface area contributed by atoms with Crippen LogP contribution in [0.25, 0.3) is 0 Å². The third kappa shape index (κ3) is 7.37. The van der Waals surface area contributed by atoms with E-state index >= 15 is 0 Å². The Morgan fingerprint density at radius 1 is 0.543 bits per heavy atom. The quantitative estimate of drug-likeness (QED) is 0.164. The Morgan fingerprint density at radius 3 is 1.34 bits per heavy atom. The van der Waals surface area contributed by atoms with Gasteiger partial charge in [0.15, 0.2) is 0 Å². The van der Waals surface area contributed by atoms with Crippen molar-refractivity contribution in [3.63, 3.8) is 0 Å². The first kappa shape index (κ1) is 26.8. The van der Waals surface area contributed by atoms with E-state index in [9.17, 15) is 0 Å². The van der Waals surface area contributed by atoms with Gasteiger partial charge in [-0.1, -0.05) is 70.7 Å². The first-order valence-electron chi connectivity index (χ1n) is 11.5. The minimum atomic E-state index is 0.776. The second-order valence-corrected chi connectivity index (χ2v) is 12.0. The lowest BCUT2D eigenvalue weighted by atomic mass is 10.0. The molecule has 35 heavy (non-hydrogen) atoms. The van der Waals surface area contributed by atoms with E-state index in [1.54, 1.807) is 0 Å². The topological polar surface area (TPSA) is 9.23 Å². The SMILES string of the molecule is Cc1ccc(Oc2ccc(C)cc2CCc2ccc(Cl)cc2I)c(CCc2ccc(Cl)cc2I)c1. The highest BCUT2D eigenvalue weighted by molar-refractivity contribution is 14.1. The standard InChI is InChI=1S/C30H26Cl2I2O/c1-19-3-13-29(23(15-19)7-5-21-9-11-25(31)17-27(21)33)35-30-14-4-20(2)16-24(30)8-6-22-10-12-26(32)18-28(22)34/h3-4,9-18H,5-8H2,1-2H3. The van der Waals surface area contributed by atoms with Crippen LogP contribution in [-0.2, 0) is 25.7 Å². The number of rotatable bonds is 8. The zero-order valence-electron chi connectivity index (χ0n) is 19.7. The summed E-state index contributed by atoms with van der Waals surface area (Å²) in [5, 5.41) is 1.55. The maximum atomic E-state index is 6.58. The van der Waals surface area contributed by atoms with Gasteiger partial charge in [0.05, 0.1) is 0 Å². The summed E-state index contributed by atoms with van der Waals surface area (Å²) in [6.45, 7) is 4.26. The van der Waals surface area contributed by atoms with Gasteiger partial charge in [-0.3, -0.25) is 0 Å². The highest BCUT2D eigenvalue weighted by Gasteiger charge is 2.12. The van der Waals surface area contributed by atoms with Crippen molar-refractivity contribution in [1.82, 2.24) is 0 Å². The highest BCUT2D eigenvalue weighted by atomic mass is 127. The molecular formula is C30H26Cl2I2O. The van der Waals surface area contributed by atoms with Gasteiger partial charge in [0, 0.05) is 17.2 Å². The van der Waals surface area contributed by atoms with Crippen molar-refractivity contribution in [1.29, 1.82) is 0 Å². The summed E-state index contributed by atoms with van der Waals surface area (Å²) in [5.41, 5.74) is 7.51. The summed E-state index contributed by atoms with van der Waals surface area (Å²) >= 11 is 17.0. The summed E-state index contributed by atoms with van der Waals surface area (Å²) in [6, 6.07) is 25.1. The van der Waals surface area contributed by atoms with E-state index in [2.05, 4.69) is 108 Å². The van der Waals surface area contributed by atoms with Crippen LogP contribution in [0.4, 0.5) is 0 Å². The van der Waals surface area contributed by atoms with Crippen molar-refractivity contribution in [2.24, 2.45) is 0 Å². The zero-order valence-corrected chi connectivity index (χ0v) is 25.5. The van der Waals surface area contributed by atoms with Crippen molar-refractivity contribution >= 4 is 68.4 Å². The lowest BCUT2D eigenvalue weighted by molar-refractivity contribution is 0.469. The van der Waals surface area contributed by atoms with E-state index in [4.69, 9.17) is 27.9 Å². The Balaban J connectivity index is 1.55. The molecule has 0 saturated heterocycles. The summed E-state index contributed by atoms with van der Waals surface area (Å²) in [4.78, 5) is 0. The summed E-state index contributed by atoms with van der Waals surface area (Å²) < 4.78 is 8.97. The molecular weight excluding hydrogens is 701 g/mol. The van der Waals surface area contributed by atoms with Crippen molar-refractivity contribution in [2.45, 2.75) is 39.5 Å². The van der Waals surface area contributed by atoms with Crippen molar-refractivity contribution < 1.29 is 4.74 Å². The van der Waals surface area contributed by atoms with Crippen LogP contribution in [-0.4, -0.2) is 0 Å². The molecule has 0 atom stereocenters. The van der Waals surface area contributed by atoms with E-state index in [0.29, 0.717) is 0 Å². The monoisotopic (exact) mass is 726 g/mol. The lowest BCUT2D eigenvalue weighted by Gasteiger charge is -2.16. The van der Waals surface area contributed by atoms with Crippen LogP contribution < -0.4 is 4.74 Å². The molecule has 0 aliphatic carbocycles. The molecule has 0 unspecified atom stereocenters. The average Bonchev–Trinajstić information content (AvgIpc) is 2.81. The van der Waals surface area contributed by atoms with Crippen molar-refractivity contribution in [3.05, 3.63) is 123 Å². The molecule has 1 nitrogen and oxygen atoms in total. The first-order chi connectivity index (χ1) is 16.8. The lowest BCUT2D eigenvalue weighted by Crippen LogP contribution is -2.01. The zero-order chi connectivity index (χ0) is 24.9. The van der Waals surface area contributed by atoms with E-state index < -0.39 is 0 Å². The van der Waals surface area contributed by atoms with Gasteiger partial charge >= 0.3 is 0 Å². The van der Waals surface area contributed by atoms with E-state index in [0.717, 1.165) is 47.2 Å². The minimum Gasteiger partial charge on any atom is -0.457 e. The molecule has 4 aromatic carbocycles. The van der Waals surface area contributed by atoms with Gasteiger partial charge in [0.1, 0.15) is 11.5 Å². The molecule has 0 aliphatic rings. The van der Waals surface area contributed by atoms with Crippen LogP contribution in [0.15, 0.2) is 72.8 Å². The van der Waals surface area contributed by atoms with Crippen LogP contribution in [0.1, 0.15) is 33.4 Å². The number of halogens is 4. The molecule has 0 aromatic heterocycles. The van der Waals surface area contributed by atoms with Crippen LogP contribution in [0.5, 0.6) is 11.5 Å². The molecule has 0 radical (unpaired) electrons. The number of hydrogen-bond donors (Lipinski definition) is 0. The number of ether oxygens (including phenoxy) is 1. The Labute approximate surface area is 245 Å². The Kier molecular flexibility index (Phi) is 9.41. The van der Waals surface area contributed by atoms with E-state index in [-0.39, 0.29) is 0 Å². The first-order valence-corrected chi connectivity index (χ1v) is 14.4. The molecule has 0 N–H and O–H groups in total. The van der Waals surface area contributed by atoms with Gasteiger partial charge in [-0.25, -0.2) is 0 Å². The van der Waals surface area contributed by atoms with E-state index in [1.165, 1.54) is 40.5 Å². The second kappa shape index (κ2) is 12.3. The fourth-order valence-electron chi connectivity index (χ4n) is 4.11. The molecule has 180 valence electrons. The van der Waals surface area contributed by atoms with Crippen LogP contribution >= 0.6 is 68.4 Å². The summed E-state index contributed by atoms with van der Waals surface area (Å²) in [7, 11) is 0. The number of aryl methyl sites for hydroxylation is 6. The maximum absolute atomic E-state index is 6.58. The number of hydrogen-bond acceptors (Lipinski definition) is 1. The predicted octanol–water partition coefficient (Wildman–Crippen LogP) is 10.2. The largest absolute Gasteiger partial charge is 0.457 e. The summed E-state index contributed by atoms with van der Waals surface area (Å²) in [5.74, 6) is 1.84. The molecule has 0 saturated carbocycles. The molecule has 0 spiro atoms. The second-order valence-electron chi connectivity index (χ2n) is 8.80. The average molecular weight is 727 g/mol. The molecule has 0 fully saturated rings. The van der Waals surface area contributed by atoms with E-state index in [1.807, 2.05) is 24.3 Å². The number of benzene rings is 4. The van der Waals surface area contributed by atoms with Crippen LogP contribution in [0.2, 0.25) is 10.0 Å². The van der Waals surface area contributed by atoms with Gasteiger partial charge in [0.2, 0.25) is 0 Å². The minimum absolute atomic E-state index is 0.776. The van der Waals surface area contributed by atoms with Gasteiger partial charge in [-0.05, 0) is 143 Å². The van der Waals surface area contributed by atoms with Crippen LogP contribution in [0.3, 0.4) is 0 Å². The van der Waals surface area contributed by atoms with Gasteiger partial charge < -0.3 is 4.74 Å². The Hall–Kier alpha value is -1.28. The highest BCUT2D eigenvalue weighted by Crippen LogP contribution is 2.32. The van der Waals surface area contributed by atoms with Crippen molar-refractivity contribution in [3.8, 4) is 11.5 Å². The van der Waals surface area contributed by atoms with Gasteiger partial charge in [-0.15, -0.1) is 0 Å². The molecule has 4 aromatic rings. The molecule has 0 bridgehead atoms. The molecule has 5 heteroatoms. The van der Waals surface area contributed by atoms with Gasteiger partial charge in [0.25, 0.3) is 0 Å². The Bertz CT molecular complexity index is 1250. The Morgan fingerprint density at radius 2 is 0.943 bits per heavy atom. The molecule has 0 heterocycles. The molecule has 4 rings (SSSR count). The van der Waals surface area contributed by atoms with Gasteiger partial charge in [-0.2, -0.15) is 0 Å². The van der Waals surface area contributed by atoms with Crippen molar-refractivity contribution in [2.75, 3.05) is 0 Å². The maximum Gasteiger partial charge on any atom is 0.130 e. The molecule has 0 aliphatic heterocycles. The fraction of sp³-hybridized carbons (Fsp3) is 0.200. The smallest absolute Gasteiger partial charge is 0.130 e. The van der Waals surface area contributed by atoms with Crippen LogP contribution in [0, 0.1) is 21.0 Å². The summed E-state index contributed by atoms with van der Waals surface area (Å²) in [6.07, 6.45) is 3.67. The predicted molar refractivity (Wildman–Crippen MR) is 166 cm³/mol. The normalized spacial score (nSPS) is 11.0. The fourth-order valence-corrected chi connectivity index (χ4v) is 6.39.